The van der Waals surface area contributed by atoms with E-state index in [4.69, 9.17) is 9.16 Å². The number of carbonyl (C=O) groups is 1. The zero-order valence-corrected chi connectivity index (χ0v) is 14.1. The maximum absolute atomic E-state index is 10.1. The van der Waals surface area contributed by atoms with Crippen LogP contribution in [0.2, 0.25) is 18.1 Å². The molecule has 0 amide bonds. The monoisotopic (exact) mass is 284 g/mol. The molecule has 0 heterocycles. The molecule has 1 atom stereocenters. The SMILES string of the molecule is CO[C@@H](/C=C/C=C/C=O)CCO[Si](C)(C)C(C)(C)C. The molecule has 110 valence electrons. The Morgan fingerprint density at radius 2 is 1.79 bits per heavy atom. The summed E-state index contributed by atoms with van der Waals surface area (Å²) in [6.07, 6.45) is 8.54. The lowest BCUT2D eigenvalue weighted by Crippen LogP contribution is -2.41. The van der Waals surface area contributed by atoms with Gasteiger partial charge in [0.1, 0.15) is 6.29 Å². The highest BCUT2D eigenvalue weighted by Gasteiger charge is 2.36. The Kier molecular flexibility index (Phi) is 8.14. The predicted octanol–water partition coefficient (Wildman–Crippen LogP) is 3.72. The lowest BCUT2D eigenvalue weighted by Gasteiger charge is -2.36. The van der Waals surface area contributed by atoms with Crippen LogP contribution in [0.3, 0.4) is 0 Å². The van der Waals surface area contributed by atoms with Crippen molar-refractivity contribution in [3.05, 3.63) is 24.3 Å². The summed E-state index contributed by atoms with van der Waals surface area (Å²) in [6.45, 7) is 11.9. The van der Waals surface area contributed by atoms with Crippen molar-refractivity contribution in [2.45, 2.75) is 51.4 Å². The molecule has 0 saturated carbocycles. The van der Waals surface area contributed by atoms with Gasteiger partial charge in [0, 0.05) is 13.7 Å². The van der Waals surface area contributed by atoms with Crippen LogP contribution in [0.25, 0.3) is 0 Å². The molecule has 3 nitrogen and oxygen atoms in total. The molecule has 0 aliphatic carbocycles. The zero-order chi connectivity index (χ0) is 14.9. The Morgan fingerprint density at radius 3 is 2.26 bits per heavy atom. The van der Waals surface area contributed by atoms with Crippen LogP contribution in [0.5, 0.6) is 0 Å². The third-order valence-corrected chi connectivity index (χ3v) is 8.14. The minimum absolute atomic E-state index is 0.0288. The van der Waals surface area contributed by atoms with Crippen LogP contribution in [0.1, 0.15) is 27.2 Å². The van der Waals surface area contributed by atoms with Crippen molar-refractivity contribution in [3.63, 3.8) is 0 Å². The Hall–Kier alpha value is -0.713. The van der Waals surface area contributed by atoms with E-state index in [-0.39, 0.29) is 11.1 Å². The van der Waals surface area contributed by atoms with Crippen LogP contribution < -0.4 is 0 Å². The van der Waals surface area contributed by atoms with Gasteiger partial charge in [0.25, 0.3) is 0 Å². The van der Waals surface area contributed by atoms with Crippen molar-refractivity contribution >= 4 is 14.6 Å². The first-order valence-corrected chi connectivity index (χ1v) is 9.61. The molecule has 0 radical (unpaired) electrons. The summed E-state index contributed by atoms with van der Waals surface area (Å²) in [5, 5.41) is 0.234. The molecular formula is C15H28O3Si. The number of hydrogen-bond donors (Lipinski definition) is 0. The predicted molar refractivity (Wildman–Crippen MR) is 82.9 cm³/mol. The molecule has 0 aliphatic rings. The van der Waals surface area contributed by atoms with Crippen molar-refractivity contribution < 1.29 is 14.0 Å². The van der Waals surface area contributed by atoms with Gasteiger partial charge in [0.2, 0.25) is 0 Å². The van der Waals surface area contributed by atoms with Crippen LogP contribution in [0.4, 0.5) is 0 Å². The second-order valence-corrected chi connectivity index (χ2v) is 10.9. The summed E-state index contributed by atoms with van der Waals surface area (Å²) in [4.78, 5) is 10.1. The Morgan fingerprint density at radius 1 is 1.16 bits per heavy atom. The largest absolute Gasteiger partial charge is 0.417 e. The smallest absolute Gasteiger partial charge is 0.191 e. The second-order valence-electron chi connectivity index (χ2n) is 6.08. The lowest BCUT2D eigenvalue weighted by atomic mass is 10.2. The summed E-state index contributed by atoms with van der Waals surface area (Å²) in [5.41, 5.74) is 0. The third kappa shape index (κ3) is 7.45. The minimum atomic E-state index is -1.67. The van der Waals surface area contributed by atoms with Crippen LogP contribution in [0, 0.1) is 0 Å². The number of carbonyl (C=O) groups excluding carboxylic acids is 1. The fourth-order valence-electron chi connectivity index (χ4n) is 1.24. The van der Waals surface area contributed by atoms with Crippen molar-refractivity contribution in [1.29, 1.82) is 0 Å². The fourth-order valence-corrected chi connectivity index (χ4v) is 2.30. The average Bonchev–Trinajstić information content (AvgIpc) is 2.30. The standard InChI is InChI=1S/C15H28O3Si/c1-15(2,3)19(5,6)18-13-11-14(17-4)10-8-7-9-12-16/h7-10,12,14H,11,13H2,1-6H3/b9-7+,10-8+/t14-/m0/s1. The number of methoxy groups -OCH3 is 1. The van der Waals surface area contributed by atoms with Gasteiger partial charge in [-0.25, -0.2) is 0 Å². The van der Waals surface area contributed by atoms with Crippen molar-refractivity contribution in [2.75, 3.05) is 13.7 Å². The van der Waals surface area contributed by atoms with E-state index in [0.717, 1.165) is 12.7 Å². The maximum Gasteiger partial charge on any atom is 0.191 e. The normalized spacial score (nSPS) is 15.3. The quantitative estimate of drug-likeness (QED) is 0.295. The summed E-state index contributed by atoms with van der Waals surface area (Å²) in [5.74, 6) is 0. The molecule has 0 rings (SSSR count). The highest BCUT2D eigenvalue weighted by molar-refractivity contribution is 6.74. The number of allylic oxidation sites excluding steroid dienone is 3. The summed E-state index contributed by atoms with van der Waals surface area (Å²) in [6, 6.07) is 0. The fraction of sp³-hybridized carbons (Fsp3) is 0.667. The molecule has 0 N–H and O–H groups in total. The van der Waals surface area contributed by atoms with Crippen molar-refractivity contribution in [2.24, 2.45) is 0 Å². The van der Waals surface area contributed by atoms with Crippen molar-refractivity contribution in [1.82, 2.24) is 0 Å². The van der Waals surface area contributed by atoms with Gasteiger partial charge in [0.15, 0.2) is 8.32 Å². The molecule has 0 aromatic heterocycles. The summed E-state index contributed by atoms with van der Waals surface area (Å²) < 4.78 is 11.5. The van der Waals surface area contributed by atoms with Gasteiger partial charge in [-0.3, -0.25) is 4.79 Å². The summed E-state index contributed by atoms with van der Waals surface area (Å²) in [7, 11) is 0.0169. The first kappa shape index (κ1) is 18.3. The topological polar surface area (TPSA) is 35.5 Å². The average molecular weight is 284 g/mol. The van der Waals surface area contributed by atoms with Crippen LogP contribution >= 0.6 is 0 Å². The van der Waals surface area contributed by atoms with Gasteiger partial charge in [-0.1, -0.05) is 39.0 Å². The Bertz CT molecular complexity index is 314. The van der Waals surface area contributed by atoms with Crippen molar-refractivity contribution in [3.8, 4) is 0 Å². The van der Waals surface area contributed by atoms with E-state index in [1.807, 2.05) is 12.2 Å². The molecule has 0 bridgehead atoms. The summed E-state index contributed by atoms with van der Waals surface area (Å²) >= 11 is 0. The number of hydrogen-bond acceptors (Lipinski definition) is 3. The minimum Gasteiger partial charge on any atom is -0.417 e. The Labute approximate surface area is 118 Å². The molecule has 0 unspecified atom stereocenters. The molecule has 4 heteroatoms. The van der Waals surface area contributed by atoms with E-state index in [1.165, 1.54) is 6.08 Å². The molecule has 0 fully saturated rings. The first-order valence-electron chi connectivity index (χ1n) is 6.70. The molecule has 0 aromatic rings. The van der Waals surface area contributed by atoms with Gasteiger partial charge in [-0.15, -0.1) is 0 Å². The number of rotatable bonds is 8. The molecule has 0 spiro atoms. The lowest BCUT2D eigenvalue weighted by molar-refractivity contribution is -0.104. The number of aldehydes is 1. The van der Waals surface area contributed by atoms with E-state index < -0.39 is 8.32 Å². The molecule has 0 aromatic carbocycles. The Balaban J connectivity index is 4.19. The first-order chi connectivity index (χ1) is 8.74. The zero-order valence-electron chi connectivity index (χ0n) is 13.1. The van der Waals surface area contributed by atoms with Crippen LogP contribution in [-0.2, 0) is 14.0 Å². The van der Waals surface area contributed by atoms with E-state index in [1.54, 1.807) is 13.2 Å². The molecule has 19 heavy (non-hydrogen) atoms. The van der Waals surface area contributed by atoms with Gasteiger partial charge in [0.05, 0.1) is 6.10 Å². The highest BCUT2D eigenvalue weighted by Crippen LogP contribution is 2.36. The van der Waals surface area contributed by atoms with E-state index >= 15 is 0 Å². The van der Waals surface area contributed by atoms with E-state index in [2.05, 4.69) is 33.9 Å². The van der Waals surface area contributed by atoms with Gasteiger partial charge in [-0.05, 0) is 30.6 Å². The number of ether oxygens (including phenoxy) is 1. The van der Waals surface area contributed by atoms with E-state index in [0.29, 0.717) is 6.61 Å². The van der Waals surface area contributed by atoms with Crippen LogP contribution in [-0.4, -0.2) is 34.4 Å². The molecule has 0 saturated heterocycles. The molecule has 0 aliphatic heterocycles. The van der Waals surface area contributed by atoms with Gasteiger partial charge in [-0.2, -0.15) is 0 Å². The second kappa shape index (κ2) is 8.46. The van der Waals surface area contributed by atoms with Crippen LogP contribution in [0.15, 0.2) is 24.3 Å². The molecular weight excluding hydrogens is 256 g/mol. The maximum atomic E-state index is 10.1. The highest BCUT2D eigenvalue weighted by atomic mass is 28.4. The van der Waals surface area contributed by atoms with Gasteiger partial charge >= 0.3 is 0 Å². The van der Waals surface area contributed by atoms with Gasteiger partial charge < -0.3 is 9.16 Å². The third-order valence-electron chi connectivity index (χ3n) is 3.60. The van der Waals surface area contributed by atoms with E-state index in [9.17, 15) is 4.79 Å².